The van der Waals surface area contributed by atoms with Gasteiger partial charge in [0.05, 0.1) is 33.2 Å². The van der Waals surface area contributed by atoms with Gasteiger partial charge in [0.2, 0.25) is 0 Å². The lowest BCUT2D eigenvalue weighted by molar-refractivity contribution is -0.143. The standard InChI is InChI=1S/C91H53F6N15/c92-90(93,94)67-44-65(45-68(52-67)91(95,96)97)66-50-77(111-73-46-61(80-99-53-98-79(101-80)54-22-8-1-9-23-54)36-40-69(73)70-41-37-62(47-74(70)111)87-105-81(55-24-10-2-11-25-55)102-82(106-87)56-26-12-3-13-27-56)100-78(51-66)112-75-48-63(88-107-83(57-28-14-4-15-29-57)103-84(108-88)58-30-16-5-17-31-58)38-42-71(75)72-43-39-64(49-76(72)112)89-109-85(59-32-18-6-19-33-59)104-86(110-89)60-34-20-7-21-35-60/h1-53H. The molecule has 7 aromatic heterocycles. The van der Waals surface area contributed by atoms with Crippen LogP contribution in [0.1, 0.15) is 11.1 Å². The molecule has 19 rings (SSSR count). The third kappa shape index (κ3) is 12.9. The molecule has 7 heterocycles. The van der Waals surface area contributed by atoms with Crippen LogP contribution in [0.25, 0.3) is 192 Å². The van der Waals surface area contributed by atoms with Gasteiger partial charge in [-0.2, -0.15) is 26.3 Å². The highest BCUT2D eigenvalue weighted by atomic mass is 19.4. The SMILES string of the molecule is FC(F)(F)c1cc(-c2cc(-n3c4cc(-c5ncnc(-c6ccccc6)n5)ccc4c4ccc(-c5nc(-c6ccccc6)nc(-c6ccccc6)n5)cc43)nc(-n3c4cc(-c5nc(-c6ccccc6)nc(-c6ccccc6)n5)ccc4c4ccc(-c5nc(-c6ccccc6)nc(-c6ccccc6)n5)cc43)c2)cc(C(F)(F)F)c1. The van der Waals surface area contributed by atoms with Gasteiger partial charge in [0.15, 0.2) is 64.1 Å². The minimum atomic E-state index is -5.23. The second-order valence-corrected chi connectivity index (χ2v) is 26.6. The normalized spacial score (nSPS) is 11.8. The van der Waals surface area contributed by atoms with Gasteiger partial charge in [-0.3, -0.25) is 9.13 Å². The van der Waals surface area contributed by atoms with E-state index in [9.17, 15) is 0 Å². The van der Waals surface area contributed by atoms with Crippen LogP contribution < -0.4 is 0 Å². The molecular weight excluding hydrogens is 1420 g/mol. The molecule has 112 heavy (non-hydrogen) atoms. The second-order valence-electron chi connectivity index (χ2n) is 26.6. The summed E-state index contributed by atoms with van der Waals surface area (Å²) >= 11 is 0. The molecule has 0 unspecified atom stereocenters. The van der Waals surface area contributed by atoms with Gasteiger partial charge in [0, 0.05) is 82.7 Å². The zero-order valence-corrected chi connectivity index (χ0v) is 58.6. The van der Waals surface area contributed by atoms with Crippen LogP contribution in [-0.4, -0.2) is 73.9 Å². The van der Waals surface area contributed by atoms with E-state index in [-0.39, 0.29) is 23.3 Å². The first-order chi connectivity index (χ1) is 54.7. The van der Waals surface area contributed by atoms with Gasteiger partial charge in [-0.15, -0.1) is 0 Å². The highest BCUT2D eigenvalue weighted by Gasteiger charge is 2.38. The molecule has 21 heteroatoms. The predicted molar refractivity (Wildman–Crippen MR) is 422 cm³/mol. The van der Waals surface area contributed by atoms with E-state index in [4.69, 9.17) is 59.8 Å². The Morgan fingerprint density at radius 3 is 0.661 bits per heavy atom. The molecule has 0 atom stereocenters. The number of alkyl halides is 6. The Balaban J connectivity index is 0.921. The molecule has 15 nitrogen and oxygen atoms in total. The number of fused-ring (bicyclic) bond motifs is 6. The molecule has 0 N–H and O–H groups in total. The summed E-state index contributed by atoms with van der Waals surface area (Å²) in [5.74, 6) is 4.07. The van der Waals surface area contributed by atoms with Crippen LogP contribution in [0, 0.1) is 0 Å². The maximum absolute atomic E-state index is 15.5. The van der Waals surface area contributed by atoms with Crippen LogP contribution >= 0.6 is 0 Å². The third-order valence-electron chi connectivity index (χ3n) is 19.4. The van der Waals surface area contributed by atoms with Gasteiger partial charge in [-0.1, -0.05) is 261 Å². The van der Waals surface area contributed by atoms with Crippen molar-refractivity contribution in [1.82, 2.24) is 73.9 Å². The summed E-state index contributed by atoms with van der Waals surface area (Å²) in [6.45, 7) is 0. The van der Waals surface area contributed by atoms with E-state index in [0.29, 0.717) is 130 Å². The summed E-state index contributed by atoms with van der Waals surface area (Å²) in [5, 5.41) is 2.69. The monoisotopic (exact) mass is 1470 g/mol. The lowest BCUT2D eigenvalue weighted by Gasteiger charge is -2.17. The van der Waals surface area contributed by atoms with Crippen molar-refractivity contribution in [2.24, 2.45) is 0 Å². The fourth-order valence-electron chi connectivity index (χ4n) is 14.1. The molecule has 0 aliphatic rings. The molecule has 0 radical (unpaired) electrons. The minimum absolute atomic E-state index is 0.0636. The van der Waals surface area contributed by atoms with Crippen LogP contribution in [0.4, 0.5) is 26.3 Å². The fraction of sp³-hybridized carbons (Fsp3) is 0.0220. The van der Waals surface area contributed by atoms with E-state index in [1.165, 1.54) is 18.5 Å². The summed E-state index contributed by atoms with van der Waals surface area (Å²) < 4.78 is 96.5. The quantitative estimate of drug-likeness (QED) is 0.0940. The number of hydrogen-bond acceptors (Lipinski definition) is 13. The molecular formula is C91H53F6N15. The summed E-state index contributed by atoms with van der Waals surface area (Å²) in [4.78, 5) is 65.6. The number of benzene rings is 12. The van der Waals surface area contributed by atoms with Crippen LogP contribution in [0.2, 0.25) is 0 Å². The van der Waals surface area contributed by atoms with E-state index >= 15 is 26.3 Å². The largest absolute Gasteiger partial charge is 0.416 e. The van der Waals surface area contributed by atoms with Crippen LogP contribution in [0.3, 0.4) is 0 Å². The predicted octanol–water partition coefficient (Wildman–Crippen LogP) is 22.1. The summed E-state index contributed by atoms with van der Waals surface area (Å²) in [7, 11) is 0. The van der Waals surface area contributed by atoms with Crippen LogP contribution in [0.5, 0.6) is 0 Å². The van der Waals surface area contributed by atoms with Crippen molar-refractivity contribution in [1.29, 1.82) is 0 Å². The number of nitrogens with zero attached hydrogens (tertiary/aromatic N) is 15. The first-order valence-electron chi connectivity index (χ1n) is 35.6. The molecule has 0 saturated carbocycles. The Kier molecular flexibility index (Phi) is 16.7. The van der Waals surface area contributed by atoms with E-state index in [2.05, 4.69) is 4.98 Å². The molecule has 0 saturated heterocycles. The first kappa shape index (κ1) is 67.6. The summed E-state index contributed by atoms with van der Waals surface area (Å²) in [6.07, 6.45) is -9.03. The number of pyridine rings is 1. The van der Waals surface area contributed by atoms with Crippen LogP contribution in [-0.2, 0) is 12.4 Å². The Morgan fingerprint density at radius 1 is 0.188 bits per heavy atom. The van der Waals surface area contributed by atoms with Crippen molar-refractivity contribution in [2.75, 3.05) is 0 Å². The van der Waals surface area contributed by atoms with Gasteiger partial charge in [-0.25, -0.2) is 64.8 Å². The van der Waals surface area contributed by atoms with Crippen molar-refractivity contribution < 1.29 is 26.3 Å². The summed E-state index contributed by atoms with van der Waals surface area (Å²) in [6, 6.07) is 94.0. The lowest BCUT2D eigenvalue weighted by atomic mass is 9.99. The molecule has 19 aromatic rings. The Bertz CT molecular complexity index is 6440. The lowest BCUT2D eigenvalue weighted by Crippen LogP contribution is -2.11. The highest BCUT2D eigenvalue weighted by Crippen LogP contribution is 2.44. The number of hydrogen-bond donors (Lipinski definition) is 0. The Hall–Kier alpha value is -15.0. The molecule has 534 valence electrons. The van der Waals surface area contributed by atoms with Crippen molar-refractivity contribution >= 4 is 43.6 Å². The molecule has 0 amide bonds. The van der Waals surface area contributed by atoms with Crippen LogP contribution in [0.15, 0.2) is 322 Å². The molecule has 12 aromatic carbocycles. The molecule has 0 aliphatic carbocycles. The average molecular weight is 1470 g/mol. The first-order valence-corrected chi connectivity index (χ1v) is 35.6. The van der Waals surface area contributed by atoms with E-state index in [0.717, 1.165) is 51.1 Å². The van der Waals surface area contributed by atoms with Crippen molar-refractivity contribution in [3.05, 3.63) is 333 Å². The van der Waals surface area contributed by atoms with Crippen molar-refractivity contribution in [3.63, 3.8) is 0 Å². The maximum atomic E-state index is 15.5. The van der Waals surface area contributed by atoms with Crippen molar-refractivity contribution in [3.8, 4) is 148 Å². The van der Waals surface area contributed by atoms with E-state index in [1.807, 2.05) is 294 Å². The minimum Gasteiger partial charge on any atom is -0.294 e. The molecule has 0 fully saturated rings. The molecule has 0 bridgehead atoms. The fourth-order valence-corrected chi connectivity index (χ4v) is 14.1. The Labute approximate surface area is 633 Å². The second kappa shape index (κ2) is 27.7. The average Bonchev–Trinajstić information content (AvgIpc) is 1.56. The van der Waals surface area contributed by atoms with Gasteiger partial charge in [-0.05, 0) is 65.7 Å². The maximum Gasteiger partial charge on any atom is 0.416 e. The molecule has 0 spiro atoms. The smallest absolute Gasteiger partial charge is 0.294 e. The van der Waals surface area contributed by atoms with E-state index < -0.39 is 29.0 Å². The third-order valence-corrected chi connectivity index (χ3v) is 19.4. The van der Waals surface area contributed by atoms with Gasteiger partial charge < -0.3 is 0 Å². The number of halogens is 6. The van der Waals surface area contributed by atoms with Gasteiger partial charge in [0.25, 0.3) is 0 Å². The number of rotatable bonds is 14. The number of aromatic nitrogens is 15. The highest BCUT2D eigenvalue weighted by molar-refractivity contribution is 6.12. The Morgan fingerprint density at radius 2 is 0.402 bits per heavy atom. The topological polar surface area (TPSA) is 177 Å². The zero-order valence-electron chi connectivity index (χ0n) is 58.6. The van der Waals surface area contributed by atoms with Crippen molar-refractivity contribution in [2.45, 2.75) is 12.4 Å². The zero-order chi connectivity index (χ0) is 75.6. The molecule has 0 aliphatic heterocycles. The van der Waals surface area contributed by atoms with Gasteiger partial charge in [0.1, 0.15) is 18.0 Å². The van der Waals surface area contributed by atoms with Gasteiger partial charge >= 0.3 is 12.4 Å². The van der Waals surface area contributed by atoms with E-state index in [1.54, 1.807) is 0 Å². The summed E-state index contributed by atoms with van der Waals surface area (Å²) in [5.41, 5.74) is 5.65.